The summed E-state index contributed by atoms with van der Waals surface area (Å²) in [5, 5.41) is 6.21. The summed E-state index contributed by atoms with van der Waals surface area (Å²) in [6, 6.07) is 2.07. The first-order chi connectivity index (χ1) is 7.16. The molecule has 0 radical (unpaired) electrons. The van der Waals surface area contributed by atoms with Crippen molar-refractivity contribution in [2.75, 3.05) is 10.6 Å². The Labute approximate surface area is 89.1 Å². The lowest BCUT2D eigenvalue weighted by molar-refractivity contribution is -0.116. The van der Waals surface area contributed by atoms with Gasteiger partial charge in [0.15, 0.2) is 0 Å². The molecule has 1 amide bonds. The number of anilines is 2. The standard InChI is InChI=1S/C11H15N3O/c1-7(2)9-5-11(15)14-10-6-12-4-3-8(10)13-9/h3-4,6-7,9,13H,5H2,1-2H3,(H,14,15). The zero-order chi connectivity index (χ0) is 10.8. The summed E-state index contributed by atoms with van der Waals surface area (Å²) in [6.07, 6.45) is 3.90. The van der Waals surface area contributed by atoms with Crippen LogP contribution in [-0.4, -0.2) is 16.9 Å². The molecule has 4 heteroatoms. The lowest BCUT2D eigenvalue weighted by Gasteiger charge is -2.20. The van der Waals surface area contributed by atoms with Crippen LogP contribution in [0.1, 0.15) is 20.3 Å². The molecule has 2 heterocycles. The molecule has 2 rings (SSSR count). The van der Waals surface area contributed by atoms with Gasteiger partial charge in [-0.1, -0.05) is 13.8 Å². The number of fused-ring (bicyclic) bond motifs is 1. The van der Waals surface area contributed by atoms with Crippen molar-refractivity contribution in [1.29, 1.82) is 0 Å². The van der Waals surface area contributed by atoms with E-state index >= 15 is 0 Å². The van der Waals surface area contributed by atoms with Gasteiger partial charge < -0.3 is 10.6 Å². The summed E-state index contributed by atoms with van der Waals surface area (Å²) < 4.78 is 0. The van der Waals surface area contributed by atoms with Crippen molar-refractivity contribution < 1.29 is 4.79 Å². The number of aromatic nitrogens is 1. The number of pyridine rings is 1. The Morgan fingerprint density at radius 3 is 3.00 bits per heavy atom. The van der Waals surface area contributed by atoms with E-state index in [1.165, 1.54) is 0 Å². The van der Waals surface area contributed by atoms with Crippen molar-refractivity contribution >= 4 is 17.3 Å². The van der Waals surface area contributed by atoms with Crippen molar-refractivity contribution in [3.8, 4) is 0 Å². The molecular formula is C11H15N3O. The second kappa shape index (κ2) is 3.88. The minimum Gasteiger partial charge on any atom is -0.380 e. The van der Waals surface area contributed by atoms with Crippen LogP contribution in [0, 0.1) is 5.92 Å². The van der Waals surface area contributed by atoms with Gasteiger partial charge in [-0.15, -0.1) is 0 Å². The van der Waals surface area contributed by atoms with Crippen molar-refractivity contribution in [2.24, 2.45) is 5.92 Å². The highest BCUT2D eigenvalue weighted by Gasteiger charge is 2.22. The Kier molecular flexibility index (Phi) is 2.58. The van der Waals surface area contributed by atoms with Crippen LogP contribution in [0.15, 0.2) is 18.5 Å². The lowest BCUT2D eigenvalue weighted by Crippen LogP contribution is -2.27. The Balaban J connectivity index is 2.31. The van der Waals surface area contributed by atoms with E-state index < -0.39 is 0 Å². The number of hydrogen-bond acceptors (Lipinski definition) is 3. The number of nitrogens with zero attached hydrogens (tertiary/aromatic N) is 1. The van der Waals surface area contributed by atoms with E-state index in [-0.39, 0.29) is 11.9 Å². The molecule has 1 atom stereocenters. The van der Waals surface area contributed by atoms with E-state index in [0.717, 1.165) is 11.4 Å². The number of nitrogens with one attached hydrogen (secondary N) is 2. The first kappa shape index (κ1) is 9.96. The topological polar surface area (TPSA) is 54.0 Å². The smallest absolute Gasteiger partial charge is 0.226 e. The molecule has 80 valence electrons. The highest BCUT2D eigenvalue weighted by molar-refractivity contribution is 5.96. The molecule has 1 aliphatic heterocycles. The molecular weight excluding hydrogens is 190 g/mol. The quantitative estimate of drug-likeness (QED) is 0.735. The summed E-state index contributed by atoms with van der Waals surface area (Å²) >= 11 is 0. The molecule has 1 aromatic heterocycles. The van der Waals surface area contributed by atoms with Crippen molar-refractivity contribution in [1.82, 2.24) is 4.98 Å². The Morgan fingerprint density at radius 2 is 2.27 bits per heavy atom. The molecule has 0 saturated heterocycles. The average Bonchev–Trinajstić information content (AvgIpc) is 2.35. The third-order valence-electron chi connectivity index (χ3n) is 2.65. The second-order valence-electron chi connectivity index (χ2n) is 4.17. The second-order valence-corrected chi connectivity index (χ2v) is 4.17. The van der Waals surface area contributed by atoms with Crippen LogP contribution < -0.4 is 10.6 Å². The molecule has 1 aromatic rings. The van der Waals surface area contributed by atoms with Gasteiger partial charge in [0, 0.05) is 18.7 Å². The fourth-order valence-electron chi connectivity index (χ4n) is 1.67. The molecule has 1 unspecified atom stereocenters. The van der Waals surface area contributed by atoms with Crippen LogP contribution in [0.2, 0.25) is 0 Å². The van der Waals surface area contributed by atoms with Crippen LogP contribution >= 0.6 is 0 Å². The maximum absolute atomic E-state index is 11.6. The van der Waals surface area contributed by atoms with E-state index in [0.29, 0.717) is 12.3 Å². The highest BCUT2D eigenvalue weighted by atomic mass is 16.1. The summed E-state index contributed by atoms with van der Waals surface area (Å²) in [4.78, 5) is 15.6. The largest absolute Gasteiger partial charge is 0.380 e. The van der Waals surface area contributed by atoms with Gasteiger partial charge in [0.1, 0.15) is 0 Å². The van der Waals surface area contributed by atoms with Crippen LogP contribution in [0.25, 0.3) is 0 Å². The predicted octanol–water partition coefficient (Wildman–Crippen LogP) is 1.86. The molecule has 0 saturated carbocycles. The van der Waals surface area contributed by atoms with Crippen LogP contribution in [0.4, 0.5) is 11.4 Å². The summed E-state index contributed by atoms with van der Waals surface area (Å²) in [7, 11) is 0. The van der Waals surface area contributed by atoms with E-state index in [9.17, 15) is 4.79 Å². The number of carbonyl (C=O) groups excluding carboxylic acids is 1. The summed E-state index contributed by atoms with van der Waals surface area (Å²) in [5.41, 5.74) is 1.72. The maximum atomic E-state index is 11.6. The number of carbonyl (C=O) groups is 1. The van der Waals surface area contributed by atoms with E-state index in [4.69, 9.17) is 0 Å². The number of rotatable bonds is 1. The predicted molar refractivity (Wildman–Crippen MR) is 59.7 cm³/mol. The highest BCUT2D eigenvalue weighted by Crippen LogP contribution is 2.26. The molecule has 1 aliphatic rings. The third-order valence-corrected chi connectivity index (χ3v) is 2.65. The Bertz CT molecular complexity index is 376. The molecule has 15 heavy (non-hydrogen) atoms. The molecule has 4 nitrogen and oxygen atoms in total. The molecule has 0 fully saturated rings. The first-order valence-electron chi connectivity index (χ1n) is 5.17. The normalized spacial score (nSPS) is 20.2. The van der Waals surface area contributed by atoms with Gasteiger partial charge in [-0.3, -0.25) is 9.78 Å². The molecule has 2 N–H and O–H groups in total. The van der Waals surface area contributed by atoms with E-state index in [1.54, 1.807) is 12.4 Å². The third kappa shape index (κ3) is 2.09. The van der Waals surface area contributed by atoms with Gasteiger partial charge in [-0.25, -0.2) is 0 Å². The molecule has 0 aromatic carbocycles. The molecule has 0 bridgehead atoms. The van der Waals surface area contributed by atoms with E-state index in [2.05, 4.69) is 29.5 Å². The Hall–Kier alpha value is -1.58. The van der Waals surface area contributed by atoms with Gasteiger partial charge in [0.25, 0.3) is 0 Å². The summed E-state index contributed by atoms with van der Waals surface area (Å²) in [6.45, 7) is 4.22. The molecule has 0 aliphatic carbocycles. The van der Waals surface area contributed by atoms with Crippen molar-refractivity contribution in [3.63, 3.8) is 0 Å². The van der Waals surface area contributed by atoms with Crippen molar-refractivity contribution in [3.05, 3.63) is 18.5 Å². The minimum atomic E-state index is 0.0490. The van der Waals surface area contributed by atoms with Crippen LogP contribution in [0.3, 0.4) is 0 Å². The SMILES string of the molecule is CC(C)C1CC(=O)Nc2cnccc2N1. The zero-order valence-corrected chi connectivity index (χ0v) is 8.95. The van der Waals surface area contributed by atoms with Gasteiger partial charge in [0.2, 0.25) is 5.91 Å². The molecule has 0 spiro atoms. The maximum Gasteiger partial charge on any atom is 0.226 e. The van der Waals surface area contributed by atoms with Crippen molar-refractivity contribution in [2.45, 2.75) is 26.3 Å². The zero-order valence-electron chi connectivity index (χ0n) is 8.95. The van der Waals surface area contributed by atoms with Crippen LogP contribution in [0.5, 0.6) is 0 Å². The fraction of sp³-hybridized carbons (Fsp3) is 0.455. The fourth-order valence-corrected chi connectivity index (χ4v) is 1.67. The first-order valence-corrected chi connectivity index (χ1v) is 5.17. The lowest BCUT2D eigenvalue weighted by atomic mass is 10.0. The van der Waals surface area contributed by atoms with Gasteiger partial charge >= 0.3 is 0 Å². The van der Waals surface area contributed by atoms with Gasteiger partial charge in [-0.05, 0) is 12.0 Å². The summed E-state index contributed by atoms with van der Waals surface area (Å²) in [5.74, 6) is 0.475. The van der Waals surface area contributed by atoms with Gasteiger partial charge in [0.05, 0.1) is 17.6 Å². The minimum absolute atomic E-state index is 0.0490. The number of amides is 1. The van der Waals surface area contributed by atoms with E-state index in [1.807, 2.05) is 6.07 Å². The van der Waals surface area contributed by atoms with Gasteiger partial charge in [-0.2, -0.15) is 0 Å². The monoisotopic (exact) mass is 205 g/mol. The van der Waals surface area contributed by atoms with Crippen LogP contribution in [-0.2, 0) is 4.79 Å². The number of hydrogen-bond donors (Lipinski definition) is 2. The average molecular weight is 205 g/mol. The Morgan fingerprint density at radius 1 is 1.47 bits per heavy atom.